The molecule has 0 aromatic carbocycles. The van der Waals surface area contributed by atoms with E-state index in [0.29, 0.717) is 0 Å². The van der Waals surface area contributed by atoms with E-state index in [1.807, 2.05) is 18.2 Å². The molecule has 0 fully saturated rings. The van der Waals surface area contributed by atoms with Crippen LogP contribution in [0, 0.1) is 21.3 Å². The zero-order chi connectivity index (χ0) is 7.40. The van der Waals surface area contributed by atoms with Gasteiger partial charge in [0.1, 0.15) is 0 Å². The van der Waals surface area contributed by atoms with Crippen LogP contribution in [0.1, 0.15) is 18.8 Å². The molecule has 3 heteroatoms. The van der Waals surface area contributed by atoms with Crippen molar-refractivity contribution in [3.05, 3.63) is 50.9 Å². The van der Waals surface area contributed by atoms with Crippen molar-refractivity contribution >= 4 is 0 Å². The second-order valence-electron chi connectivity index (χ2n) is 2.12. The van der Waals surface area contributed by atoms with E-state index >= 15 is 0 Å². The molecule has 14 heavy (non-hydrogen) atoms. The van der Waals surface area contributed by atoms with Crippen molar-refractivity contribution in [2.75, 3.05) is 0 Å². The van der Waals surface area contributed by atoms with Gasteiger partial charge in [-0.05, 0) is 12.1 Å². The van der Waals surface area contributed by atoms with Crippen LogP contribution in [0.4, 0.5) is 0 Å². The van der Waals surface area contributed by atoms with Crippen LogP contribution < -0.4 is 0 Å². The Bertz CT molecular complexity index is 197. The Balaban J connectivity index is -0.000000125. The molecule has 0 saturated heterocycles. The minimum absolute atomic E-state index is 0. The average molecular weight is 355 g/mol. The number of nitrogens with zero attached hydrogens (tertiary/aromatic N) is 1. The fourth-order valence-corrected chi connectivity index (χ4v) is 0.808. The molecule has 2 radical (unpaired) electrons. The number of hydrogen-bond donors (Lipinski definition) is 0. The number of hydrogen-bond acceptors (Lipinski definition) is 1. The van der Waals surface area contributed by atoms with Gasteiger partial charge in [0.15, 0.2) is 0 Å². The van der Waals surface area contributed by atoms with Gasteiger partial charge in [0.2, 0.25) is 0 Å². The zero-order valence-electron chi connectivity index (χ0n) is 7.96. The van der Waals surface area contributed by atoms with Crippen LogP contribution in [0.15, 0.2) is 18.2 Å². The van der Waals surface area contributed by atoms with Crippen LogP contribution in [-0.2, 0) is 65.0 Å². The molecule has 0 aliphatic carbocycles. The second kappa shape index (κ2) is 13.9. The minimum atomic E-state index is 0. The Morgan fingerprint density at radius 3 is 1.71 bits per heavy atom. The SMILES string of the molecule is C.[CH2-]Cc1cccc(C[CH2-])n1.[CH3-].[RuH+3].[Y]. The Kier molecular flexibility index (Phi) is 24.0. The van der Waals surface area contributed by atoms with Gasteiger partial charge in [0.05, 0.1) is 0 Å². The average Bonchev–Trinajstić information content (AvgIpc) is 2.05. The van der Waals surface area contributed by atoms with Gasteiger partial charge in [-0.3, -0.25) is 4.98 Å². The van der Waals surface area contributed by atoms with Gasteiger partial charge in [-0.15, -0.1) is 12.8 Å². The van der Waals surface area contributed by atoms with Crippen LogP contribution in [0.2, 0.25) is 0 Å². The molecule has 0 aliphatic heterocycles. The van der Waals surface area contributed by atoms with Crippen molar-refractivity contribution in [2.24, 2.45) is 0 Å². The Morgan fingerprint density at radius 1 is 1.07 bits per heavy atom. The monoisotopic (exact) mass is 356 g/mol. The first-order valence-corrected chi connectivity index (χ1v) is 3.40. The molecule has 0 aliphatic rings. The van der Waals surface area contributed by atoms with Crippen LogP contribution >= 0.6 is 0 Å². The zero-order valence-corrected chi connectivity index (χ0v) is 12.7. The van der Waals surface area contributed by atoms with Crippen LogP contribution in [-0.4, -0.2) is 4.98 Å². The summed E-state index contributed by atoms with van der Waals surface area (Å²) in [5.41, 5.74) is 2.09. The summed E-state index contributed by atoms with van der Waals surface area (Å²) in [5, 5.41) is 0. The van der Waals surface area contributed by atoms with Crippen LogP contribution in [0.3, 0.4) is 0 Å². The first-order valence-electron chi connectivity index (χ1n) is 3.40. The van der Waals surface area contributed by atoms with Crippen molar-refractivity contribution in [3.8, 4) is 0 Å². The van der Waals surface area contributed by atoms with E-state index in [-0.39, 0.29) is 67.0 Å². The maximum Gasteiger partial charge on any atom is 0 e. The molecule has 0 amide bonds. The summed E-state index contributed by atoms with van der Waals surface area (Å²) in [4.78, 5) is 4.28. The Hall–Kier alpha value is 0.877. The van der Waals surface area contributed by atoms with Crippen LogP contribution in [0.25, 0.3) is 0 Å². The van der Waals surface area contributed by atoms with E-state index in [2.05, 4.69) is 18.8 Å². The van der Waals surface area contributed by atoms with E-state index in [1.54, 1.807) is 0 Å². The standard InChI is InChI=1S/C9H11N.CH4.CH3.Ru.Y.H/c1-3-8-6-5-7-9(4-2)10-8;;;;;/h5-7H,1-4H2;1H4;1H3;;;/q-2;;-1;+3;;. The van der Waals surface area contributed by atoms with Gasteiger partial charge in [-0.25, -0.2) is 0 Å². The summed E-state index contributed by atoms with van der Waals surface area (Å²) in [7, 11) is 0. The van der Waals surface area contributed by atoms with E-state index in [4.69, 9.17) is 0 Å². The van der Waals surface area contributed by atoms with Crippen molar-refractivity contribution in [1.82, 2.24) is 4.98 Å². The summed E-state index contributed by atoms with van der Waals surface area (Å²) in [6.45, 7) is 7.50. The van der Waals surface area contributed by atoms with E-state index in [9.17, 15) is 0 Å². The van der Waals surface area contributed by atoms with Crippen molar-refractivity contribution in [1.29, 1.82) is 0 Å². The molecule has 0 spiro atoms. The molecule has 0 unspecified atom stereocenters. The van der Waals surface area contributed by atoms with Crippen molar-refractivity contribution < 1.29 is 52.2 Å². The van der Waals surface area contributed by atoms with Gasteiger partial charge >= 0.3 is 19.5 Å². The molecular formula is C11H19NRuY. The van der Waals surface area contributed by atoms with Gasteiger partial charge < -0.3 is 21.3 Å². The van der Waals surface area contributed by atoms with E-state index in [0.717, 1.165) is 24.2 Å². The summed E-state index contributed by atoms with van der Waals surface area (Å²) in [6, 6.07) is 5.95. The molecule has 1 heterocycles. The molecule has 1 nitrogen and oxygen atoms in total. The molecule has 0 N–H and O–H groups in total. The van der Waals surface area contributed by atoms with Gasteiger partial charge in [-0.1, -0.05) is 13.5 Å². The first-order chi connectivity index (χ1) is 4.86. The molecule has 0 bridgehead atoms. The topological polar surface area (TPSA) is 12.9 Å². The van der Waals surface area contributed by atoms with E-state index in [1.165, 1.54) is 0 Å². The Morgan fingerprint density at radius 2 is 1.43 bits per heavy atom. The number of aromatic nitrogens is 1. The van der Waals surface area contributed by atoms with Crippen molar-refractivity contribution in [2.45, 2.75) is 20.3 Å². The molecule has 0 saturated carbocycles. The van der Waals surface area contributed by atoms with Gasteiger partial charge in [-0.2, -0.15) is 0 Å². The van der Waals surface area contributed by atoms with E-state index < -0.39 is 0 Å². The predicted octanol–water partition coefficient (Wildman–Crippen LogP) is 2.65. The molecule has 1 aromatic heterocycles. The summed E-state index contributed by atoms with van der Waals surface area (Å²) >= 11 is 0. The molecular weight excluding hydrogens is 336 g/mol. The summed E-state index contributed by atoms with van der Waals surface area (Å²) in [6.07, 6.45) is 1.52. The quantitative estimate of drug-likeness (QED) is 0.587. The maximum atomic E-state index is 4.28. The molecule has 1 rings (SSSR count). The third-order valence-corrected chi connectivity index (χ3v) is 1.38. The third-order valence-electron chi connectivity index (χ3n) is 1.38. The van der Waals surface area contributed by atoms with Gasteiger partial charge in [0, 0.05) is 44.1 Å². The normalized spacial score (nSPS) is 7.00. The summed E-state index contributed by atoms with van der Waals surface area (Å²) < 4.78 is 0. The minimum Gasteiger partial charge on any atom is 0 e. The Labute approximate surface area is 127 Å². The predicted molar refractivity (Wildman–Crippen MR) is 56.9 cm³/mol. The third kappa shape index (κ3) is 8.21. The van der Waals surface area contributed by atoms with Crippen molar-refractivity contribution in [3.63, 3.8) is 0 Å². The fraction of sp³-hybridized carbons (Fsp3) is 0.273. The molecule has 1 aromatic rings. The second-order valence-corrected chi connectivity index (χ2v) is 2.12. The number of pyridine rings is 1. The fourth-order valence-electron chi connectivity index (χ4n) is 0.808. The summed E-state index contributed by atoms with van der Waals surface area (Å²) in [5.74, 6) is 0. The maximum absolute atomic E-state index is 4.28. The van der Waals surface area contributed by atoms with Crippen LogP contribution in [0.5, 0.6) is 0 Å². The van der Waals surface area contributed by atoms with Gasteiger partial charge in [0.25, 0.3) is 0 Å². The largest absolute Gasteiger partial charge is 0 e. The number of rotatable bonds is 2. The first kappa shape index (κ1) is 24.2. The molecule has 79 valence electrons. The molecule has 0 atom stereocenters. The smallest absolute Gasteiger partial charge is 0 e.